The molecule has 5 N–H and O–H groups in total. The van der Waals surface area contributed by atoms with E-state index in [1.165, 1.54) is 0 Å². The molecule has 0 aromatic rings. The second kappa shape index (κ2) is 4.84. The third-order valence-corrected chi connectivity index (χ3v) is 2.30. The summed E-state index contributed by atoms with van der Waals surface area (Å²) in [5.41, 5.74) is 3.62. The molecule has 1 atom stereocenters. The fourth-order valence-corrected chi connectivity index (χ4v) is 2.84. The minimum Gasteiger partial charge on any atom is -0.390 e. The zero-order chi connectivity index (χ0) is 14.1. The third kappa shape index (κ3) is 9.53. The highest BCUT2D eigenvalue weighted by atomic mass is 16.3. The van der Waals surface area contributed by atoms with Gasteiger partial charge in [-0.15, -0.1) is 0 Å². The Kier molecular flexibility index (Phi) is 4.80. The van der Waals surface area contributed by atoms with E-state index in [-0.39, 0.29) is 5.54 Å². The highest BCUT2D eigenvalue weighted by Gasteiger charge is 2.35. The third-order valence-electron chi connectivity index (χ3n) is 2.30. The Bertz CT molecular complexity index is 221. The molecule has 0 saturated heterocycles. The van der Waals surface area contributed by atoms with Gasteiger partial charge in [-0.2, -0.15) is 0 Å². The second-order valence-electron chi connectivity index (χ2n) is 7.40. The molecule has 4 nitrogen and oxygen atoms in total. The highest BCUT2D eigenvalue weighted by molar-refractivity contribution is 4.93. The molecular weight excluding hydrogens is 216 g/mol. The first kappa shape index (κ1) is 16.8. The summed E-state index contributed by atoms with van der Waals surface area (Å²) in [7, 11) is 0. The minimum absolute atomic E-state index is 0.299. The van der Waals surface area contributed by atoms with Crippen LogP contribution in [0.2, 0.25) is 0 Å². The van der Waals surface area contributed by atoms with Crippen LogP contribution >= 0.6 is 0 Å². The van der Waals surface area contributed by atoms with E-state index in [0.717, 1.165) is 0 Å². The quantitative estimate of drug-likeness (QED) is 0.534. The first-order valence-electron chi connectivity index (χ1n) is 6.15. The molecule has 0 rings (SSSR count). The summed E-state index contributed by atoms with van der Waals surface area (Å²) in [6.45, 7) is 12.9. The van der Waals surface area contributed by atoms with Gasteiger partial charge >= 0.3 is 0 Å². The molecule has 0 aromatic heterocycles. The molecule has 1 unspecified atom stereocenters. The summed E-state index contributed by atoms with van der Waals surface area (Å²) in [5.74, 6) is 0. The van der Waals surface area contributed by atoms with Crippen molar-refractivity contribution in [3.05, 3.63) is 0 Å². The molecule has 17 heavy (non-hydrogen) atoms. The molecule has 0 heterocycles. The topological polar surface area (TPSA) is 78.5 Å². The highest BCUT2D eigenvalue weighted by Crippen LogP contribution is 2.24. The summed E-state index contributed by atoms with van der Waals surface area (Å²) >= 11 is 0. The minimum atomic E-state index is -0.818. The average Bonchev–Trinajstić information content (AvgIpc) is 1.65. The lowest BCUT2D eigenvalue weighted by molar-refractivity contribution is 0.0144. The lowest BCUT2D eigenvalue weighted by Gasteiger charge is -2.41. The van der Waals surface area contributed by atoms with E-state index in [1.54, 1.807) is 27.7 Å². The van der Waals surface area contributed by atoms with Gasteiger partial charge in [0.15, 0.2) is 0 Å². The van der Waals surface area contributed by atoms with E-state index in [2.05, 4.69) is 5.32 Å². The molecule has 0 aliphatic heterocycles. The molecular formula is C13H30N2O2. The van der Waals surface area contributed by atoms with E-state index in [1.807, 2.05) is 20.8 Å². The van der Waals surface area contributed by atoms with E-state index in [9.17, 15) is 10.2 Å². The van der Waals surface area contributed by atoms with Crippen LogP contribution in [-0.4, -0.2) is 32.6 Å². The van der Waals surface area contributed by atoms with Crippen molar-refractivity contribution in [2.75, 3.05) is 0 Å². The van der Waals surface area contributed by atoms with Crippen LogP contribution in [0.1, 0.15) is 61.3 Å². The van der Waals surface area contributed by atoms with Crippen molar-refractivity contribution in [3.8, 4) is 0 Å². The van der Waals surface area contributed by atoms with Crippen molar-refractivity contribution in [1.82, 2.24) is 5.32 Å². The van der Waals surface area contributed by atoms with E-state index in [0.29, 0.717) is 12.8 Å². The molecule has 4 heteroatoms. The van der Waals surface area contributed by atoms with E-state index in [4.69, 9.17) is 5.73 Å². The first-order valence-corrected chi connectivity index (χ1v) is 6.15. The van der Waals surface area contributed by atoms with Crippen LogP contribution in [0.4, 0.5) is 0 Å². The maximum Gasteiger partial charge on any atom is 0.0664 e. The molecule has 104 valence electrons. The number of nitrogens with two attached hydrogens (primary N) is 1. The Balaban J connectivity index is 4.59. The van der Waals surface area contributed by atoms with Gasteiger partial charge < -0.3 is 15.9 Å². The predicted octanol–water partition coefficient (Wildman–Crippen LogP) is 1.35. The normalized spacial score (nSPS) is 18.0. The fraction of sp³-hybridized carbons (Fsp3) is 1.00. The van der Waals surface area contributed by atoms with Crippen LogP contribution in [0.25, 0.3) is 0 Å². The molecule has 0 bridgehead atoms. The Morgan fingerprint density at radius 3 is 1.47 bits per heavy atom. The van der Waals surface area contributed by atoms with E-state index < -0.39 is 16.9 Å². The Labute approximate surface area is 106 Å². The number of nitrogens with one attached hydrogen (secondary N) is 1. The van der Waals surface area contributed by atoms with Crippen molar-refractivity contribution in [1.29, 1.82) is 0 Å². The number of aliphatic hydroxyl groups is 2. The van der Waals surface area contributed by atoms with Gasteiger partial charge in [0.05, 0.1) is 16.9 Å². The number of rotatable bonds is 6. The molecule has 0 saturated carbocycles. The van der Waals surface area contributed by atoms with Crippen LogP contribution in [0.15, 0.2) is 0 Å². The van der Waals surface area contributed by atoms with Crippen LogP contribution < -0.4 is 11.1 Å². The summed E-state index contributed by atoms with van der Waals surface area (Å²) in [5, 5.41) is 23.0. The van der Waals surface area contributed by atoms with Gasteiger partial charge in [-0.1, -0.05) is 0 Å². The standard InChI is InChI=1S/C13H30N2O2/c1-10(2,8-11(3,4)16)15-13(7,14)9-12(5,6)17/h15-17H,8-9,14H2,1-7H3. The molecule has 0 amide bonds. The molecule has 0 fully saturated rings. The summed E-state index contributed by atoms with van der Waals surface area (Å²) < 4.78 is 0. The molecule has 0 spiro atoms. The zero-order valence-corrected chi connectivity index (χ0v) is 12.4. The Morgan fingerprint density at radius 1 is 0.824 bits per heavy atom. The molecule has 0 radical (unpaired) electrons. The Hall–Kier alpha value is -0.160. The van der Waals surface area contributed by atoms with Crippen LogP contribution in [0.3, 0.4) is 0 Å². The van der Waals surface area contributed by atoms with Crippen molar-refractivity contribution < 1.29 is 10.2 Å². The second-order valence-corrected chi connectivity index (χ2v) is 7.40. The van der Waals surface area contributed by atoms with Gasteiger partial charge in [0.1, 0.15) is 0 Å². The Morgan fingerprint density at radius 2 is 1.18 bits per heavy atom. The maximum atomic E-state index is 9.85. The van der Waals surface area contributed by atoms with Gasteiger partial charge in [0.25, 0.3) is 0 Å². The van der Waals surface area contributed by atoms with Gasteiger partial charge in [0, 0.05) is 12.0 Å². The first-order chi connectivity index (χ1) is 7.12. The number of hydrogen-bond acceptors (Lipinski definition) is 4. The van der Waals surface area contributed by atoms with Gasteiger partial charge in [-0.25, -0.2) is 0 Å². The SMILES string of the molecule is CC(C)(O)CC(C)(C)NC(C)(N)CC(C)(C)O. The van der Waals surface area contributed by atoms with Crippen molar-refractivity contribution in [2.45, 2.75) is 83.7 Å². The number of hydrogen-bond donors (Lipinski definition) is 4. The summed E-state index contributed by atoms with van der Waals surface area (Å²) in [4.78, 5) is 0. The van der Waals surface area contributed by atoms with Gasteiger partial charge in [-0.3, -0.25) is 5.32 Å². The van der Waals surface area contributed by atoms with E-state index >= 15 is 0 Å². The smallest absolute Gasteiger partial charge is 0.0664 e. The largest absolute Gasteiger partial charge is 0.390 e. The molecule has 0 aromatic carbocycles. The maximum absolute atomic E-state index is 9.85. The molecule has 0 aliphatic carbocycles. The average molecular weight is 246 g/mol. The lowest BCUT2D eigenvalue weighted by atomic mass is 9.86. The summed E-state index contributed by atoms with van der Waals surface area (Å²) in [6.07, 6.45) is 1.02. The van der Waals surface area contributed by atoms with Crippen LogP contribution in [0.5, 0.6) is 0 Å². The fourth-order valence-electron chi connectivity index (χ4n) is 2.84. The molecule has 0 aliphatic rings. The van der Waals surface area contributed by atoms with Crippen LogP contribution in [-0.2, 0) is 0 Å². The zero-order valence-electron chi connectivity index (χ0n) is 12.4. The monoisotopic (exact) mass is 246 g/mol. The predicted molar refractivity (Wildman–Crippen MR) is 71.6 cm³/mol. The van der Waals surface area contributed by atoms with Crippen molar-refractivity contribution in [2.24, 2.45) is 5.73 Å². The van der Waals surface area contributed by atoms with Gasteiger partial charge in [-0.05, 0) is 54.9 Å². The van der Waals surface area contributed by atoms with Crippen molar-refractivity contribution in [3.63, 3.8) is 0 Å². The van der Waals surface area contributed by atoms with Crippen LogP contribution in [0, 0.1) is 0 Å². The van der Waals surface area contributed by atoms with Crippen molar-refractivity contribution >= 4 is 0 Å². The van der Waals surface area contributed by atoms with Gasteiger partial charge in [0.2, 0.25) is 0 Å². The lowest BCUT2D eigenvalue weighted by Crippen LogP contribution is -2.62. The summed E-state index contributed by atoms with van der Waals surface area (Å²) in [6, 6.07) is 0.